The summed E-state index contributed by atoms with van der Waals surface area (Å²) in [5, 5.41) is 0. The predicted octanol–water partition coefficient (Wildman–Crippen LogP) is 2.88. The predicted molar refractivity (Wildman–Crippen MR) is 77.8 cm³/mol. The fourth-order valence-electron chi connectivity index (χ4n) is 4.31. The number of amides is 1. The van der Waals surface area contributed by atoms with E-state index in [1.54, 1.807) is 0 Å². The minimum Gasteiger partial charge on any atom is -0.345 e. The van der Waals surface area contributed by atoms with E-state index in [0.717, 1.165) is 24.1 Å². The molecule has 2 saturated heterocycles. The Morgan fingerprint density at radius 3 is 2.67 bits per heavy atom. The molecule has 0 aromatic heterocycles. The van der Waals surface area contributed by atoms with Crippen LogP contribution >= 0.6 is 0 Å². The van der Waals surface area contributed by atoms with Crippen molar-refractivity contribution < 1.29 is 9.53 Å². The van der Waals surface area contributed by atoms with Gasteiger partial charge in [0.05, 0.1) is 12.6 Å². The van der Waals surface area contributed by atoms with Crippen LogP contribution in [0.2, 0.25) is 0 Å². The lowest BCUT2D eigenvalue weighted by molar-refractivity contribution is -0.0609. The molecule has 3 heterocycles. The average molecular weight is 277 g/mol. The van der Waals surface area contributed by atoms with Crippen LogP contribution in [0.25, 0.3) is 0 Å². The van der Waals surface area contributed by atoms with Crippen LogP contribution in [0, 0.1) is 0 Å². The molecule has 104 valence electrons. The van der Waals surface area contributed by atoms with Crippen molar-refractivity contribution in [3.8, 4) is 0 Å². The molecular formula is C18H15NO2. The third-order valence-electron chi connectivity index (χ3n) is 5.09. The molecule has 0 aliphatic carbocycles. The van der Waals surface area contributed by atoms with Gasteiger partial charge in [0.15, 0.2) is 5.72 Å². The van der Waals surface area contributed by atoms with E-state index in [9.17, 15) is 4.79 Å². The maximum atomic E-state index is 12.7. The number of nitrogens with zero attached hydrogens (tertiary/aromatic N) is 1. The van der Waals surface area contributed by atoms with Crippen LogP contribution in [0.5, 0.6) is 0 Å². The van der Waals surface area contributed by atoms with E-state index >= 15 is 0 Å². The first-order valence-corrected chi connectivity index (χ1v) is 7.45. The van der Waals surface area contributed by atoms with E-state index in [1.807, 2.05) is 29.2 Å². The van der Waals surface area contributed by atoms with Crippen molar-refractivity contribution in [3.63, 3.8) is 0 Å². The molecule has 3 aliphatic heterocycles. The number of ether oxygens (including phenoxy) is 1. The molecule has 0 N–H and O–H groups in total. The molecule has 0 unspecified atom stereocenters. The van der Waals surface area contributed by atoms with E-state index in [-0.39, 0.29) is 17.9 Å². The van der Waals surface area contributed by atoms with Gasteiger partial charge in [0.1, 0.15) is 0 Å². The zero-order valence-electron chi connectivity index (χ0n) is 11.5. The molecule has 3 nitrogen and oxygen atoms in total. The molecule has 3 atom stereocenters. The van der Waals surface area contributed by atoms with Gasteiger partial charge in [-0.15, -0.1) is 0 Å². The van der Waals surface area contributed by atoms with Crippen LogP contribution in [-0.4, -0.2) is 23.5 Å². The summed E-state index contributed by atoms with van der Waals surface area (Å²) in [4.78, 5) is 14.6. The summed E-state index contributed by atoms with van der Waals surface area (Å²) in [5.74, 6) is 0.346. The highest BCUT2D eigenvalue weighted by Crippen LogP contribution is 2.60. The fourth-order valence-corrected chi connectivity index (χ4v) is 4.31. The molecular weight excluding hydrogens is 262 g/mol. The SMILES string of the molecule is O=C1c2ccccc2[C@]23O[C@H](C[C@H]2c2ccccc2)CN13. The average Bonchev–Trinajstić information content (AvgIpc) is 3.17. The summed E-state index contributed by atoms with van der Waals surface area (Å²) < 4.78 is 6.35. The van der Waals surface area contributed by atoms with Gasteiger partial charge < -0.3 is 9.64 Å². The Labute approximate surface area is 123 Å². The summed E-state index contributed by atoms with van der Waals surface area (Å²) in [6.45, 7) is 0.719. The number of benzene rings is 2. The number of fused-ring (bicyclic) bond motifs is 2. The number of hydrogen-bond donors (Lipinski definition) is 0. The minimum atomic E-state index is -0.570. The first-order valence-electron chi connectivity index (χ1n) is 7.45. The van der Waals surface area contributed by atoms with Crippen LogP contribution in [0.4, 0.5) is 0 Å². The highest BCUT2D eigenvalue weighted by atomic mass is 16.6. The molecule has 2 bridgehead atoms. The maximum Gasteiger partial charge on any atom is 0.256 e. The van der Waals surface area contributed by atoms with E-state index < -0.39 is 5.72 Å². The summed E-state index contributed by atoms with van der Waals surface area (Å²) in [5.41, 5.74) is 2.54. The summed E-state index contributed by atoms with van der Waals surface area (Å²) in [6.07, 6.45) is 1.15. The summed E-state index contributed by atoms with van der Waals surface area (Å²) >= 11 is 0. The molecule has 3 aliphatic rings. The Morgan fingerprint density at radius 2 is 1.81 bits per heavy atom. The molecule has 1 amide bonds. The highest BCUT2D eigenvalue weighted by molar-refractivity contribution is 6.00. The number of piperidine rings is 1. The first kappa shape index (κ1) is 11.5. The quantitative estimate of drug-likeness (QED) is 0.802. The van der Waals surface area contributed by atoms with Gasteiger partial charge in [0, 0.05) is 17.0 Å². The van der Waals surface area contributed by atoms with Gasteiger partial charge in [-0.05, 0) is 18.1 Å². The molecule has 5 rings (SSSR count). The number of rotatable bonds is 1. The monoisotopic (exact) mass is 277 g/mol. The molecule has 21 heavy (non-hydrogen) atoms. The second-order valence-electron chi connectivity index (χ2n) is 6.10. The lowest BCUT2D eigenvalue weighted by Crippen LogP contribution is -2.45. The van der Waals surface area contributed by atoms with E-state index in [4.69, 9.17) is 4.74 Å². The third kappa shape index (κ3) is 1.26. The van der Waals surface area contributed by atoms with Gasteiger partial charge in [-0.1, -0.05) is 48.5 Å². The number of carbonyl (C=O) groups is 1. The maximum absolute atomic E-state index is 12.7. The van der Waals surface area contributed by atoms with E-state index in [2.05, 4.69) is 30.3 Å². The normalized spacial score (nSPS) is 32.4. The molecule has 3 heteroatoms. The van der Waals surface area contributed by atoms with Crippen LogP contribution in [0.1, 0.15) is 33.8 Å². The molecule has 1 spiro atoms. The lowest BCUT2D eigenvalue weighted by atomic mass is 9.80. The zero-order chi connectivity index (χ0) is 14.0. The van der Waals surface area contributed by atoms with Crippen molar-refractivity contribution in [2.75, 3.05) is 6.54 Å². The Hall–Kier alpha value is -2.13. The Balaban J connectivity index is 1.74. The molecule has 2 aromatic carbocycles. The van der Waals surface area contributed by atoms with Crippen molar-refractivity contribution in [2.24, 2.45) is 0 Å². The molecule has 2 aromatic rings. The Kier molecular flexibility index (Phi) is 2.05. The summed E-state index contributed by atoms with van der Waals surface area (Å²) in [7, 11) is 0. The third-order valence-corrected chi connectivity index (χ3v) is 5.09. The second-order valence-corrected chi connectivity index (χ2v) is 6.10. The van der Waals surface area contributed by atoms with Gasteiger partial charge in [-0.25, -0.2) is 0 Å². The Morgan fingerprint density at radius 1 is 1.05 bits per heavy atom. The number of carbonyl (C=O) groups excluding carboxylic acids is 1. The van der Waals surface area contributed by atoms with Gasteiger partial charge in [-0.2, -0.15) is 0 Å². The highest BCUT2D eigenvalue weighted by Gasteiger charge is 2.65. The summed E-state index contributed by atoms with van der Waals surface area (Å²) in [6, 6.07) is 18.3. The van der Waals surface area contributed by atoms with Crippen LogP contribution < -0.4 is 0 Å². The van der Waals surface area contributed by atoms with Crippen molar-refractivity contribution >= 4 is 5.91 Å². The van der Waals surface area contributed by atoms with Gasteiger partial charge in [-0.3, -0.25) is 4.79 Å². The van der Waals surface area contributed by atoms with E-state index in [1.165, 1.54) is 5.56 Å². The minimum absolute atomic E-state index is 0.119. The topological polar surface area (TPSA) is 29.5 Å². The van der Waals surface area contributed by atoms with Crippen molar-refractivity contribution in [1.29, 1.82) is 0 Å². The van der Waals surface area contributed by atoms with Crippen molar-refractivity contribution in [3.05, 3.63) is 71.3 Å². The lowest BCUT2D eigenvalue weighted by Gasteiger charge is -2.37. The molecule has 0 saturated carbocycles. The number of hydrogen-bond acceptors (Lipinski definition) is 2. The molecule has 2 fully saturated rings. The first-order chi connectivity index (χ1) is 10.3. The molecule has 0 radical (unpaired) electrons. The fraction of sp³-hybridized carbons (Fsp3) is 0.278. The van der Waals surface area contributed by atoms with Crippen molar-refractivity contribution in [2.45, 2.75) is 24.2 Å². The van der Waals surface area contributed by atoms with Crippen LogP contribution in [0.15, 0.2) is 54.6 Å². The smallest absolute Gasteiger partial charge is 0.256 e. The largest absolute Gasteiger partial charge is 0.345 e. The van der Waals surface area contributed by atoms with Gasteiger partial charge in [0.2, 0.25) is 0 Å². The van der Waals surface area contributed by atoms with E-state index in [0.29, 0.717) is 0 Å². The Bertz CT molecular complexity index is 742. The van der Waals surface area contributed by atoms with Crippen LogP contribution in [-0.2, 0) is 10.5 Å². The standard InChI is InChI=1S/C18H15NO2/c20-17-14-8-4-5-9-15(14)18-16(12-6-2-1-3-7-12)10-13(21-18)11-19(17)18/h1-9,13,16H,10-11H2/t13-,16+,18+/m1/s1. The second kappa shape index (κ2) is 3.74. The van der Waals surface area contributed by atoms with Gasteiger partial charge >= 0.3 is 0 Å². The van der Waals surface area contributed by atoms with Crippen LogP contribution in [0.3, 0.4) is 0 Å². The zero-order valence-corrected chi connectivity index (χ0v) is 11.5. The van der Waals surface area contributed by atoms with Crippen molar-refractivity contribution in [1.82, 2.24) is 4.90 Å². The van der Waals surface area contributed by atoms with Gasteiger partial charge in [0.25, 0.3) is 5.91 Å².